The van der Waals surface area contributed by atoms with Crippen LogP contribution in [0.2, 0.25) is 0 Å². The number of rotatable bonds is 1. The molecule has 28 valence electrons. The van der Waals surface area contributed by atoms with E-state index in [1.165, 1.54) is 12.2 Å². The monoisotopic (exact) mass is 124 g/mol. The van der Waals surface area contributed by atoms with Gasteiger partial charge in [-0.15, -0.1) is 0 Å². The number of hydrogen-bond acceptors (Lipinski definition) is 1. The second-order valence-corrected chi connectivity index (χ2v) is 0.746. The molecular weight excluding hydrogens is 120 g/mol. The van der Waals surface area contributed by atoms with Gasteiger partial charge < -0.3 is 24.1 Å². The van der Waals surface area contributed by atoms with Gasteiger partial charge in [0.25, 0.3) is 0 Å². The van der Waals surface area contributed by atoms with Gasteiger partial charge in [-0.2, -0.15) is 0 Å². The fourth-order valence-electron chi connectivity index (χ4n) is 0.0430. The van der Waals surface area contributed by atoms with Gasteiger partial charge in [-0.3, -0.25) is 12.6 Å². The number of allylic oxidation sites excluding steroid dienone is 2. The molecule has 0 rings (SSSR count). The summed E-state index contributed by atoms with van der Waals surface area (Å²) >= 11 is 3.58. The molecule has 0 unspecified atom stereocenters. The Balaban J connectivity index is 0. The molecule has 0 atom stereocenters. The van der Waals surface area contributed by atoms with Crippen LogP contribution in [0, 0.1) is 12.0 Å². The molecule has 0 aliphatic rings. The smallest absolute Gasteiger partial charge is 0.394 e. The molecule has 0 spiro atoms. The zero-order chi connectivity index (χ0) is 4.12. The van der Waals surface area contributed by atoms with Crippen LogP contribution in [-0.2, 0) is 0 Å². The maximum atomic E-state index is 4.85. The number of thiol groups is 1. The summed E-state index contributed by atoms with van der Waals surface area (Å²) in [6.07, 6.45) is 2.89. The maximum absolute atomic E-state index is 4.85. The molecule has 0 aromatic rings. The van der Waals surface area contributed by atoms with Crippen molar-refractivity contribution < 1.29 is 0 Å². The molecular formula is C4H4CaS. The molecule has 0 saturated heterocycles. The summed E-state index contributed by atoms with van der Waals surface area (Å²) in [5.74, 6) is 0. The molecule has 0 heterocycles. The average molecular weight is 124 g/mol. The fourth-order valence-corrected chi connectivity index (χ4v) is 0.129. The topological polar surface area (TPSA) is 0 Å². The third kappa shape index (κ3) is 8.92. The Hall–Kier alpha value is 1.09. The first-order valence-electron chi connectivity index (χ1n) is 1.18. The van der Waals surface area contributed by atoms with Crippen molar-refractivity contribution in [3.05, 3.63) is 24.1 Å². The molecule has 0 aromatic carbocycles. The minimum absolute atomic E-state index is 0. The first-order valence-corrected chi connectivity index (χ1v) is 1.63. The van der Waals surface area contributed by atoms with Gasteiger partial charge >= 0.3 is 37.7 Å². The van der Waals surface area contributed by atoms with Crippen molar-refractivity contribution in [3.63, 3.8) is 0 Å². The van der Waals surface area contributed by atoms with Crippen molar-refractivity contribution in [2.75, 3.05) is 0 Å². The molecule has 0 bridgehead atoms. The van der Waals surface area contributed by atoms with E-state index in [9.17, 15) is 0 Å². The van der Waals surface area contributed by atoms with Gasteiger partial charge in [0.05, 0.1) is 0 Å². The van der Waals surface area contributed by atoms with E-state index >= 15 is 0 Å². The SMILES string of the molecule is [CH-]=CC=[C-]S.[Ca+2]. The minimum atomic E-state index is 0. The van der Waals surface area contributed by atoms with E-state index in [1.807, 2.05) is 0 Å². The second kappa shape index (κ2) is 9.43. The molecule has 0 aliphatic heterocycles. The Morgan fingerprint density at radius 3 is 2.17 bits per heavy atom. The minimum Gasteiger partial charge on any atom is -0.394 e. The Labute approximate surface area is 73.7 Å². The molecule has 6 heavy (non-hydrogen) atoms. The van der Waals surface area contributed by atoms with Crippen LogP contribution in [0.3, 0.4) is 0 Å². The summed E-state index contributed by atoms with van der Waals surface area (Å²) in [5, 5.41) is 2.41. The normalized spacial score (nSPS) is 7.50. The molecule has 2 heteroatoms. The van der Waals surface area contributed by atoms with E-state index in [1.54, 1.807) is 0 Å². The van der Waals surface area contributed by atoms with Gasteiger partial charge in [0.2, 0.25) is 0 Å². The van der Waals surface area contributed by atoms with Crippen LogP contribution in [0.5, 0.6) is 0 Å². The quantitative estimate of drug-likeness (QED) is 0.228. The molecule has 0 nitrogen and oxygen atoms in total. The average Bonchev–Trinajstić information content (AvgIpc) is 1.41. The van der Waals surface area contributed by atoms with Crippen molar-refractivity contribution in [2.45, 2.75) is 0 Å². The van der Waals surface area contributed by atoms with Crippen molar-refractivity contribution >= 4 is 50.4 Å². The van der Waals surface area contributed by atoms with Crippen LogP contribution in [-0.4, -0.2) is 37.7 Å². The van der Waals surface area contributed by atoms with Crippen LogP contribution in [0.15, 0.2) is 12.2 Å². The summed E-state index contributed by atoms with van der Waals surface area (Å²) in [7, 11) is 0. The van der Waals surface area contributed by atoms with E-state index in [0.717, 1.165) is 0 Å². The van der Waals surface area contributed by atoms with E-state index < -0.39 is 0 Å². The summed E-state index contributed by atoms with van der Waals surface area (Å²) in [6.45, 7) is 4.85. The van der Waals surface area contributed by atoms with Gasteiger partial charge in [-0.25, -0.2) is 0 Å². The van der Waals surface area contributed by atoms with E-state index in [0.29, 0.717) is 0 Å². The second-order valence-electron chi connectivity index (χ2n) is 0.488. The predicted octanol–water partition coefficient (Wildman–Crippen LogP) is 0.841. The third-order valence-electron chi connectivity index (χ3n) is 0.171. The van der Waals surface area contributed by atoms with E-state index in [2.05, 4.69) is 18.0 Å². The van der Waals surface area contributed by atoms with Gasteiger partial charge in [-0.1, -0.05) is 0 Å². The molecule has 0 radical (unpaired) electrons. The molecule has 0 amide bonds. The predicted molar refractivity (Wildman–Crippen MR) is 31.4 cm³/mol. The van der Waals surface area contributed by atoms with Gasteiger partial charge in [-0.05, 0) is 0 Å². The summed E-state index contributed by atoms with van der Waals surface area (Å²) in [6, 6.07) is 0. The first-order chi connectivity index (χ1) is 2.41. The van der Waals surface area contributed by atoms with Crippen LogP contribution < -0.4 is 0 Å². The van der Waals surface area contributed by atoms with Crippen molar-refractivity contribution in [3.8, 4) is 0 Å². The van der Waals surface area contributed by atoms with Gasteiger partial charge in [0.1, 0.15) is 0 Å². The third-order valence-corrected chi connectivity index (χ3v) is 0.320. The van der Waals surface area contributed by atoms with Crippen LogP contribution in [0.4, 0.5) is 0 Å². The Kier molecular flexibility index (Phi) is 16.0. The van der Waals surface area contributed by atoms with Crippen LogP contribution in [0.1, 0.15) is 0 Å². The molecule has 0 fully saturated rings. The van der Waals surface area contributed by atoms with Crippen LogP contribution in [0.25, 0.3) is 0 Å². The number of hydrogen-bond donors (Lipinski definition) is 1. The van der Waals surface area contributed by atoms with Crippen LogP contribution >= 0.6 is 12.6 Å². The van der Waals surface area contributed by atoms with Gasteiger partial charge in [0.15, 0.2) is 0 Å². The molecule has 0 saturated carbocycles. The van der Waals surface area contributed by atoms with E-state index in [4.69, 9.17) is 6.58 Å². The molecule has 0 aliphatic carbocycles. The first kappa shape index (κ1) is 10.1. The summed E-state index contributed by atoms with van der Waals surface area (Å²) < 4.78 is 0. The maximum Gasteiger partial charge on any atom is 2.00 e. The molecule has 0 N–H and O–H groups in total. The van der Waals surface area contributed by atoms with Crippen molar-refractivity contribution in [1.29, 1.82) is 0 Å². The standard InChI is InChI=1S/C4H4S.Ca/c1-2-3-4-5;/h1-3,5H;/q-2;+2. The Morgan fingerprint density at radius 1 is 1.67 bits per heavy atom. The summed E-state index contributed by atoms with van der Waals surface area (Å²) in [5.41, 5.74) is 0. The Morgan fingerprint density at radius 2 is 2.17 bits per heavy atom. The molecule has 0 aromatic heterocycles. The van der Waals surface area contributed by atoms with E-state index in [-0.39, 0.29) is 37.7 Å². The Bertz CT molecular complexity index is 49.5. The zero-order valence-corrected chi connectivity index (χ0v) is 6.49. The largest absolute Gasteiger partial charge is 2.00 e. The van der Waals surface area contributed by atoms with Crippen molar-refractivity contribution in [2.24, 2.45) is 0 Å². The fraction of sp³-hybridized carbons (Fsp3) is 0. The zero-order valence-electron chi connectivity index (χ0n) is 3.39. The van der Waals surface area contributed by atoms with Gasteiger partial charge in [0, 0.05) is 0 Å². The summed E-state index contributed by atoms with van der Waals surface area (Å²) in [4.78, 5) is 0. The van der Waals surface area contributed by atoms with Crippen molar-refractivity contribution in [1.82, 2.24) is 0 Å².